The Morgan fingerprint density at radius 2 is 1.73 bits per heavy atom. The van der Waals surface area contributed by atoms with E-state index in [1.807, 2.05) is 19.1 Å². The van der Waals surface area contributed by atoms with Gasteiger partial charge in [0.15, 0.2) is 0 Å². The summed E-state index contributed by atoms with van der Waals surface area (Å²) < 4.78 is 27.8. The molecule has 1 fully saturated rings. The lowest BCUT2D eigenvalue weighted by molar-refractivity contribution is -0.148. The Kier molecular flexibility index (Phi) is 5.50. The molecule has 4 nitrogen and oxygen atoms in total. The largest absolute Gasteiger partial charge is 0.463 e. The molecule has 1 saturated carbocycles. The molecule has 1 atom stereocenters. The smallest absolute Gasteiger partial charge is 0.302 e. The van der Waals surface area contributed by atoms with Crippen LogP contribution in [0, 0.1) is 5.92 Å². The maximum Gasteiger partial charge on any atom is 0.302 e. The van der Waals surface area contributed by atoms with Crippen molar-refractivity contribution in [1.29, 1.82) is 0 Å². The maximum atomic E-state index is 11.3. The molecule has 1 aromatic carbocycles. The summed E-state index contributed by atoms with van der Waals surface area (Å²) in [4.78, 5) is 11.1. The van der Waals surface area contributed by atoms with Crippen molar-refractivity contribution in [2.45, 2.75) is 56.4 Å². The van der Waals surface area contributed by atoms with E-state index in [0.717, 1.165) is 31.2 Å². The van der Waals surface area contributed by atoms with Crippen molar-refractivity contribution in [2.24, 2.45) is 5.92 Å². The van der Waals surface area contributed by atoms with Crippen LogP contribution in [-0.4, -0.2) is 20.5 Å². The Bertz CT molecular complexity index is 616. The molecule has 1 aromatic rings. The molecular formula is C16H21ClO4S. The number of ether oxygens (including phenoxy) is 1. The lowest BCUT2D eigenvalue weighted by Crippen LogP contribution is -2.26. The van der Waals surface area contributed by atoms with Gasteiger partial charge in [-0.25, -0.2) is 8.42 Å². The number of carbonyl (C=O) groups is 1. The average Bonchev–Trinajstić information content (AvgIpc) is 2.46. The van der Waals surface area contributed by atoms with Gasteiger partial charge in [-0.1, -0.05) is 12.1 Å². The van der Waals surface area contributed by atoms with Gasteiger partial charge in [-0.2, -0.15) is 0 Å². The van der Waals surface area contributed by atoms with Crippen LogP contribution in [0.25, 0.3) is 0 Å². The summed E-state index contributed by atoms with van der Waals surface area (Å²) in [5, 5.41) is 0. The van der Waals surface area contributed by atoms with E-state index in [9.17, 15) is 13.2 Å². The van der Waals surface area contributed by atoms with Crippen LogP contribution in [0.3, 0.4) is 0 Å². The fourth-order valence-electron chi connectivity index (χ4n) is 3.18. The first-order valence-electron chi connectivity index (χ1n) is 7.49. The predicted molar refractivity (Wildman–Crippen MR) is 85.4 cm³/mol. The summed E-state index contributed by atoms with van der Waals surface area (Å²) in [6.45, 7) is 3.39. The summed E-state index contributed by atoms with van der Waals surface area (Å²) in [5.41, 5.74) is 1.14. The fourth-order valence-corrected chi connectivity index (χ4v) is 3.95. The van der Waals surface area contributed by atoms with Crippen molar-refractivity contribution in [1.82, 2.24) is 0 Å². The van der Waals surface area contributed by atoms with Crippen LogP contribution >= 0.6 is 10.7 Å². The third-order valence-corrected chi connectivity index (χ3v) is 5.79. The van der Waals surface area contributed by atoms with Crippen LogP contribution in [0.2, 0.25) is 0 Å². The van der Waals surface area contributed by atoms with E-state index in [1.54, 1.807) is 12.1 Å². The first kappa shape index (κ1) is 17.3. The van der Waals surface area contributed by atoms with Crippen LogP contribution < -0.4 is 0 Å². The molecule has 6 heteroatoms. The average molecular weight is 345 g/mol. The topological polar surface area (TPSA) is 60.4 Å². The molecule has 0 amide bonds. The lowest BCUT2D eigenvalue weighted by atomic mass is 9.77. The van der Waals surface area contributed by atoms with Crippen molar-refractivity contribution in [3.8, 4) is 0 Å². The highest BCUT2D eigenvalue weighted by molar-refractivity contribution is 8.13. The number of hydrogen-bond acceptors (Lipinski definition) is 4. The summed E-state index contributed by atoms with van der Waals surface area (Å²) in [6, 6.07) is 6.81. The number of esters is 1. The third-order valence-electron chi connectivity index (χ3n) is 4.42. The minimum atomic E-state index is -3.66. The molecule has 0 bridgehead atoms. The van der Waals surface area contributed by atoms with Gasteiger partial charge in [0.25, 0.3) is 9.05 Å². The van der Waals surface area contributed by atoms with Crippen LogP contribution in [-0.2, 0) is 18.6 Å². The second-order valence-corrected chi connectivity index (χ2v) is 8.50. The van der Waals surface area contributed by atoms with Gasteiger partial charge in [0.2, 0.25) is 0 Å². The van der Waals surface area contributed by atoms with E-state index in [2.05, 4.69) is 0 Å². The molecule has 1 unspecified atom stereocenters. The zero-order valence-electron chi connectivity index (χ0n) is 12.8. The van der Waals surface area contributed by atoms with E-state index in [1.165, 1.54) is 6.92 Å². The highest BCUT2D eigenvalue weighted by Gasteiger charge is 2.27. The molecule has 22 heavy (non-hydrogen) atoms. The van der Waals surface area contributed by atoms with Crippen LogP contribution in [0.1, 0.15) is 51.0 Å². The van der Waals surface area contributed by atoms with Crippen LogP contribution in [0.15, 0.2) is 29.2 Å². The van der Waals surface area contributed by atoms with E-state index < -0.39 is 9.05 Å². The molecule has 0 aromatic heterocycles. The molecule has 0 heterocycles. The van der Waals surface area contributed by atoms with Crippen LogP contribution in [0.4, 0.5) is 0 Å². The molecule has 0 spiro atoms. The van der Waals surface area contributed by atoms with Gasteiger partial charge in [-0.3, -0.25) is 4.79 Å². The van der Waals surface area contributed by atoms with E-state index in [0.29, 0.717) is 11.8 Å². The standard InChI is InChI=1S/C16H21ClO4S/c1-11(21-12(2)18)13-3-5-14(6-4-13)15-7-9-16(10-8-15)22(17,19)20/h7-11,13-14H,3-6H2,1-2H3. The minimum Gasteiger partial charge on any atom is -0.463 e. The van der Waals surface area contributed by atoms with Gasteiger partial charge in [-0.05, 0) is 62.1 Å². The maximum absolute atomic E-state index is 11.3. The molecule has 0 N–H and O–H groups in total. The van der Waals surface area contributed by atoms with E-state index in [4.69, 9.17) is 15.4 Å². The molecule has 0 radical (unpaired) electrons. The number of carbonyl (C=O) groups excluding carboxylic acids is 1. The molecule has 0 saturated heterocycles. The van der Waals surface area contributed by atoms with Crippen molar-refractivity contribution in [2.75, 3.05) is 0 Å². The highest BCUT2D eigenvalue weighted by Crippen LogP contribution is 2.38. The van der Waals surface area contributed by atoms with Gasteiger partial charge in [0.05, 0.1) is 4.90 Å². The number of rotatable bonds is 4. The van der Waals surface area contributed by atoms with Gasteiger partial charge in [0, 0.05) is 17.6 Å². The molecule has 1 aliphatic carbocycles. The molecule has 2 rings (SSSR count). The highest BCUT2D eigenvalue weighted by atomic mass is 35.7. The lowest BCUT2D eigenvalue weighted by Gasteiger charge is -2.32. The number of benzene rings is 1. The normalized spacial score (nSPS) is 23.8. The quantitative estimate of drug-likeness (QED) is 0.615. The summed E-state index contributed by atoms with van der Waals surface area (Å²) in [7, 11) is 1.66. The zero-order chi connectivity index (χ0) is 16.3. The number of hydrogen-bond donors (Lipinski definition) is 0. The molecular weight excluding hydrogens is 324 g/mol. The minimum absolute atomic E-state index is 0.0396. The summed E-state index contributed by atoms with van der Waals surface area (Å²) >= 11 is 0. The SMILES string of the molecule is CC(=O)OC(C)C1CCC(c2ccc(S(=O)(=O)Cl)cc2)CC1. The Morgan fingerprint density at radius 3 is 2.18 bits per heavy atom. The van der Waals surface area contributed by atoms with Crippen molar-refractivity contribution < 1.29 is 17.9 Å². The van der Waals surface area contributed by atoms with Gasteiger partial charge < -0.3 is 4.74 Å². The first-order chi connectivity index (χ1) is 10.3. The van der Waals surface area contributed by atoms with Crippen molar-refractivity contribution in [3.05, 3.63) is 29.8 Å². The van der Waals surface area contributed by atoms with Gasteiger partial charge in [-0.15, -0.1) is 0 Å². The van der Waals surface area contributed by atoms with Gasteiger partial charge in [0.1, 0.15) is 6.10 Å². The Morgan fingerprint density at radius 1 is 1.18 bits per heavy atom. The van der Waals surface area contributed by atoms with E-state index >= 15 is 0 Å². The Labute approximate surface area is 136 Å². The van der Waals surface area contributed by atoms with Crippen molar-refractivity contribution >= 4 is 25.7 Å². The second kappa shape index (κ2) is 7.01. The Hall–Kier alpha value is -1.07. The summed E-state index contributed by atoms with van der Waals surface area (Å²) in [6.07, 6.45) is 4.01. The first-order valence-corrected chi connectivity index (χ1v) is 9.80. The van der Waals surface area contributed by atoms with Gasteiger partial charge >= 0.3 is 5.97 Å². The third kappa shape index (κ3) is 4.46. The second-order valence-electron chi connectivity index (χ2n) is 5.93. The molecule has 1 aliphatic rings. The monoisotopic (exact) mass is 344 g/mol. The van der Waals surface area contributed by atoms with Crippen LogP contribution in [0.5, 0.6) is 0 Å². The zero-order valence-corrected chi connectivity index (χ0v) is 14.4. The summed E-state index contributed by atoms with van der Waals surface area (Å²) in [5.74, 6) is 0.600. The Balaban J connectivity index is 1.95. The van der Waals surface area contributed by atoms with E-state index in [-0.39, 0.29) is 17.0 Å². The predicted octanol–water partition coefficient (Wildman–Crippen LogP) is 3.84. The number of halogens is 1. The molecule has 122 valence electrons. The molecule has 0 aliphatic heterocycles. The van der Waals surface area contributed by atoms with Crippen molar-refractivity contribution in [3.63, 3.8) is 0 Å². The fraction of sp³-hybridized carbons (Fsp3) is 0.562.